The maximum atomic E-state index is 8.12. The van der Waals surface area contributed by atoms with E-state index in [2.05, 4.69) is 66.9 Å². The van der Waals surface area contributed by atoms with Gasteiger partial charge in [0.2, 0.25) is 0 Å². The summed E-state index contributed by atoms with van der Waals surface area (Å²) in [6, 6.07) is 11.1. The van der Waals surface area contributed by atoms with Crippen LogP contribution in [0.15, 0.2) is 39.4 Å². The Kier molecular flexibility index (Phi) is 8.80. The van der Waals surface area contributed by atoms with Gasteiger partial charge in [-0.15, -0.1) is 0 Å². The van der Waals surface area contributed by atoms with Gasteiger partial charge in [0, 0.05) is 0 Å². The molecule has 0 saturated carbocycles. The number of hydrogen-bond donors (Lipinski definition) is 0. The first-order valence-corrected chi connectivity index (χ1v) is 38.1. The molecule has 0 aliphatic carbocycles. The molecule has 3 aliphatic heterocycles. The van der Waals surface area contributed by atoms with E-state index >= 15 is 0 Å². The minimum atomic E-state index is -2.83. The normalized spacial score (nSPS) is 30.4. The van der Waals surface area contributed by atoms with Crippen molar-refractivity contribution in [1.82, 2.24) is 0 Å². The molecule has 188 valence electrons. The second-order valence-electron chi connectivity index (χ2n) is 13.7. The Morgan fingerprint density at radius 2 is 1.53 bits per heavy atom. The third kappa shape index (κ3) is 4.60. The zero-order valence-electron chi connectivity index (χ0n) is 22.8. The molecule has 0 amide bonds. The van der Waals surface area contributed by atoms with Gasteiger partial charge in [0.1, 0.15) is 0 Å². The molecule has 0 N–H and O–H groups in total. The number of halogens is 2. The van der Waals surface area contributed by atoms with Crippen LogP contribution >= 0.6 is 22.2 Å². The molecular weight excluding hydrogens is 684 g/mol. The van der Waals surface area contributed by atoms with Crippen LogP contribution in [0.3, 0.4) is 0 Å². The summed E-state index contributed by atoms with van der Waals surface area (Å²) >= 11 is 11.0. The van der Waals surface area contributed by atoms with Crippen LogP contribution in [-0.4, -0.2) is 50.2 Å². The first kappa shape index (κ1) is 28.4. The van der Waals surface area contributed by atoms with Crippen molar-refractivity contribution < 1.29 is 0 Å². The summed E-state index contributed by atoms with van der Waals surface area (Å²) in [4.78, 5) is 16.3. The van der Waals surface area contributed by atoms with Gasteiger partial charge in [0.15, 0.2) is 0 Å². The third-order valence-corrected chi connectivity index (χ3v) is 42.0. The molecule has 1 aromatic rings. The summed E-state index contributed by atoms with van der Waals surface area (Å²) in [5.41, 5.74) is 1.99. The summed E-state index contributed by atoms with van der Waals surface area (Å²) in [7, 11) is 0. The van der Waals surface area contributed by atoms with Crippen LogP contribution in [0.1, 0.15) is 64.7 Å². The fourth-order valence-corrected chi connectivity index (χ4v) is 52.1. The number of hydrogen-bond acceptors (Lipinski definition) is 0. The fourth-order valence-electron chi connectivity index (χ4n) is 8.84. The average molecular weight is 731 g/mol. The molecule has 6 heteroatoms. The van der Waals surface area contributed by atoms with Gasteiger partial charge in [-0.1, -0.05) is 0 Å². The molecule has 0 radical (unpaired) electrons. The van der Waals surface area contributed by atoms with E-state index in [9.17, 15) is 0 Å². The minimum absolute atomic E-state index is 0.160. The van der Waals surface area contributed by atoms with Crippen molar-refractivity contribution in [1.29, 1.82) is 0 Å². The number of allylic oxidation sites excluding steroid dienone is 2. The Morgan fingerprint density at radius 1 is 0.941 bits per heavy atom. The van der Waals surface area contributed by atoms with E-state index in [0.29, 0.717) is 12.6 Å². The number of benzene rings is 1. The second-order valence-corrected chi connectivity index (χ2v) is 51.2. The van der Waals surface area contributed by atoms with Crippen LogP contribution in [-0.2, 0) is 0 Å². The molecule has 2 bridgehead atoms. The molecule has 2 atom stereocenters. The topological polar surface area (TPSA) is 0 Å². The van der Waals surface area contributed by atoms with Crippen molar-refractivity contribution in [3.8, 4) is 0 Å². The molecule has 1 aromatic carbocycles. The molecule has 0 unspecified atom stereocenters. The van der Waals surface area contributed by atoms with Crippen LogP contribution < -0.4 is 5.19 Å². The van der Waals surface area contributed by atoms with Gasteiger partial charge in [0.05, 0.1) is 0 Å². The predicted molar refractivity (Wildman–Crippen MR) is 164 cm³/mol. The van der Waals surface area contributed by atoms with Crippen LogP contribution in [0.25, 0.3) is 0 Å². The van der Waals surface area contributed by atoms with Crippen molar-refractivity contribution in [2.45, 2.75) is 103 Å². The van der Waals surface area contributed by atoms with E-state index in [0.717, 1.165) is 11.7 Å². The zero-order valence-corrected chi connectivity index (χ0v) is 31.0. The van der Waals surface area contributed by atoms with Crippen molar-refractivity contribution in [2.24, 2.45) is 11.8 Å². The van der Waals surface area contributed by atoms with Gasteiger partial charge in [-0.3, -0.25) is 0 Å². The van der Waals surface area contributed by atoms with E-state index in [1.807, 2.05) is 9.06 Å². The van der Waals surface area contributed by atoms with Gasteiger partial charge >= 0.3 is 232 Å². The van der Waals surface area contributed by atoms with E-state index in [4.69, 9.17) is 22.2 Å². The summed E-state index contributed by atoms with van der Waals surface area (Å²) in [6.45, 7) is 0.223. The second kappa shape index (κ2) is 10.5. The molecule has 0 aromatic heterocycles. The van der Waals surface area contributed by atoms with E-state index < -0.39 is 43.4 Å². The molecular formula is C28H47BCl2SiSn2. The Balaban J connectivity index is 2.10. The summed E-state index contributed by atoms with van der Waals surface area (Å²) in [5.74, 6) is 2.28. The Bertz CT molecular complexity index is 895. The van der Waals surface area contributed by atoms with Gasteiger partial charge in [-0.05, 0) is 0 Å². The molecule has 2 fully saturated rings. The van der Waals surface area contributed by atoms with Gasteiger partial charge < -0.3 is 0 Å². The van der Waals surface area contributed by atoms with Gasteiger partial charge in [-0.25, -0.2) is 0 Å². The van der Waals surface area contributed by atoms with E-state index in [-0.39, 0.29) is 2.95 Å². The van der Waals surface area contributed by atoms with Gasteiger partial charge in [0.25, 0.3) is 0 Å². The fraction of sp³-hybridized carbons (Fsp3) is 0.714. The monoisotopic (exact) mass is 732 g/mol. The summed E-state index contributed by atoms with van der Waals surface area (Å²) in [5, 5.41) is 1.30. The van der Waals surface area contributed by atoms with Crippen molar-refractivity contribution in [2.75, 3.05) is 0 Å². The van der Waals surface area contributed by atoms with Crippen molar-refractivity contribution in [3.05, 3.63) is 39.4 Å². The first-order chi connectivity index (χ1) is 15.9. The quantitative estimate of drug-likeness (QED) is 0.194. The third-order valence-electron chi connectivity index (χ3n) is 9.75. The van der Waals surface area contributed by atoms with E-state index in [1.54, 1.807) is 0 Å². The Morgan fingerprint density at radius 3 is 2.03 bits per heavy atom. The molecule has 4 rings (SSSR count). The van der Waals surface area contributed by atoms with Crippen LogP contribution in [0.2, 0.25) is 38.4 Å². The zero-order chi connectivity index (χ0) is 24.9. The number of unbranched alkanes of at least 4 members (excludes halogenated alkanes) is 1. The molecule has 34 heavy (non-hydrogen) atoms. The van der Waals surface area contributed by atoms with Crippen LogP contribution in [0.5, 0.6) is 0 Å². The predicted octanol–water partition coefficient (Wildman–Crippen LogP) is 9.35. The molecule has 3 aliphatic rings. The molecule has 3 heterocycles. The van der Waals surface area contributed by atoms with Crippen LogP contribution in [0.4, 0.5) is 0 Å². The standard InChI is InChI=1S/C22H29BCl2Si.6CH3.2Sn/c1-2-3-9-18-16-21-17-10-7-12-19(13-8-11-17)23(21)22(18)26(24,25)20-14-5-4-6-15-20;;;;;;;;/h4-6,14-15,17-19H,2-3,7-13H2,1H3;6*1H3;;/t17?,18-,19?;;;;;;;;/m1......../s1. The molecule has 0 nitrogen and oxygen atoms in total. The van der Waals surface area contributed by atoms with Crippen molar-refractivity contribution >= 4 is 77.5 Å². The first-order valence-electron chi connectivity index (χ1n) is 14.1. The number of rotatable bonds is 7. The van der Waals surface area contributed by atoms with E-state index in [1.165, 1.54) is 63.0 Å². The Labute approximate surface area is 229 Å². The molecule has 0 spiro atoms. The van der Waals surface area contributed by atoms with Gasteiger partial charge in [-0.2, -0.15) is 0 Å². The molecule has 2 saturated heterocycles. The van der Waals surface area contributed by atoms with Crippen LogP contribution in [0, 0.1) is 11.8 Å². The van der Waals surface area contributed by atoms with Crippen molar-refractivity contribution in [3.63, 3.8) is 0 Å². The average Bonchev–Trinajstić information content (AvgIpc) is 2.83. The maximum absolute atomic E-state index is 8.12. The SMILES string of the molecule is CCCC[C@@H]1[C]([Sn]([CH3])([CH3])[CH3])=C2B(C3CCCC2CCC3)[C@@]1([Si](Cl)(Cl)c1ccccc1)[Sn]([CH3])([CH3])[CH3]. The Hall–Kier alpha value is 1.42. The summed E-state index contributed by atoms with van der Waals surface area (Å²) < 4.78 is 2.20. The summed E-state index contributed by atoms with van der Waals surface area (Å²) in [6.07, 6.45) is 12.4.